The molecule has 1 aliphatic rings. The summed E-state index contributed by atoms with van der Waals surface area (Å²) in [5, 5.41) is 53.8. The monoisotopic (exact) mass is 698 g/mol. The van der Waals surface area contributed by atoms with E-state index >= 15 is 0 Å². The first kappa shape index (κ1) is 45.7. The molecule has 9 nitrogen and oxygen atoms in total. The van der Waals surface area contributed by atoms with Crippen LogP contribution >= 0.6 is 0 Å². The quantitative estimate of drug-likeness (QED) is 0.0320. The Balaban J connectivity index is 2.37. The third-order valence-electron chi connectivity index (χ3n) is 9.53. The maximum Gasteiger partial charge on any atom is 0.220 e. The summed E-state index contributed by atoms with van der Waals surface area (Å²) < 4.78 is 11.1. The number of carbonyl (C=O) groups excluding carboxylic acids is 1. The molecule has 1 heterocycles. The molecule has 0 saturated carbocycles. The zero-order valence-corrected chi connectivity index (χ0v) is 31.2. The number of allylic oxidation sites excluding steroid dienone is 3. The van der Waals surface area contributed by atoms with Crippen LogP contribution in [0.5, 0.6) is 0 Å². The molecule has 0 aromatic rings. The van der Waals surface area contributed by atoms with E-state index in [2.05, 4.69) is 31.3 Å². The van der Waals surface area contributed by atoms with Crippen molar-refractivity contribution in [1.82, 2.24) is 5.32 Å². The smallest absolute Gasteiger partial charge is 0.220 e. The first-order valence-electron chi connectivity index (χ1n) is 20.1. The lowest BCUT2D eigenvalue weighted by atomic mass is 9.99. The fourth-order valence-corrected chi connectivity index (χ4v) is 6.23. The normalized spacial score (nSPS) is 22.6. The fraction of sp³-hybridized carbons (Fsp3) is 0.875. The van der Waals surface area contributed by atoms with Gasteiger partial charge in [0.2, 0.25) is 5.91 Å². The summed E-state index contributed by atoms with van der Waals surface area (Å²) in [6.07, 6.45) is 28.0. The molecule has 1 aliphatic heterocycles. The van der Waals surface area contributed by atoms with Crippen molar-refractivity contribution in [3.8, 4) is 0 Å². The summed E-state index contributed by atoms with van der Waals surface area (Å²) in [6.45, 7) is 3.69. The van der Waals surface area contributed by atoms with Gasteiger partial charge in [-0.05, 0) is 32.1 Å². The largest absolute Gasteiger partial charge is 0.394 e. The minimum absolute atomic E-state index is 0.189. The highest BCUT2D eigenvalue weighted by Crippen LogP contribution is 2.22. The molecule has 288 valence electrons. The summed E-state index contributed by atoms with van der Waals surface area (Å²) >= 11 is 0. The van der Waals surface area contributed by atoms with Crippen LogP contribution in [0.15, 0.2) is 24.3 Å². The highest BCUT2D eigenvalue weighted by Gasteiger charge is 2.44. The van der Waals surface area contributed by atoms with Gasteiger partial charge in [-0.15, -0.1) is 0 Å². The van der Waals surface area contributed by atoms with Gasteiger partial charge in [-0.1, -0.05) is 154 Å². The van der Waals surface area contributed by atoms with E-state index in [9.17, 15) is 30.3 Å². The van der Waals surface area contributed by atoms with Crippen molar-refractivity contribution in [3.63, 3.8) is 0 Å². The van der Waals surface area contributed by atoms with Crippen LogP contribution in [0, 0.1) is 0 Å². The lowest BCUT2D eigenvalue weighted by molar-refractivity contribution is -0.302. The van der Waals surface area contributed by atoms with Gasteiger partial charge in [-0.2, -0.15) is 0 Å². The van der Waals surface area contributed by atoms with Crippen LogP contribution in [-0.2, 0) is 14.3 Å². The third-order valence-corrected chi connectivity index (χ3v) is 9.53. The number of ether oxygens (including phenoxy) is 2. The molecule has 0 spiro atoms. The number of nitrogens with one attached hydrogen (secondary N) is 1. The molecular formula is C40H75NO8. The fourth-order valence-electron chi connectivity index (χ4n) is 6.23. The number of aliphatic hydroxyl groups is 5. The number of hydrogen-bond donors (Lipinski definition) is 6. The van der Waals surface area contributed by atoms with E-state index in [0.717, 1.165) is 38.5 Å². The maximum atomic E-state index is 12.9. The predicted molar refractivity (Wildman–Crippen MR) is 198 cm³/mol. The summed E-state index contributed by atoms with van der Waals surface area (Å²) in [6, 6.07) is -0.813. The van der Waals surface area contributed by atoms with Gasteiger partial charge >= 0.3 is 0 Å². The van der Waals surface area contributed by atoms with Crippen LogP contribution in [0.3, 0.4) is 0 Å². The first-order valence-corrected chi connectivity index (χ1v) is 20.1. The molecule has 1 fully saturated rings. The Hall–Kier alpha value is -1.33. The summed E-state index contributed by atoms with van der Waals surface area (Å²) in [4.78, 5) is 12.9. The molecule has 49 heavy (non-hydrogen) atoms. The second-order valence-electron chi connectivity index (χ2n) is 14.1. The molecule has 1 amide bonds. The Morgan fingerprint density at radius 1 is 0.673 bits per heavy atom. The van der Waals surface area contributed by atoms with Gasteiger partial charge in [0.05, 0.1) is 25.4 Å². The molecule has 1 saturated heterocycles. The van der Waals surface area contributed by atoms with E-state index < -0.39 is 49.5 Å². The summed E-state index contributed by atoms with van der Waals surface area (Å²) in [5.74, 6) is -0.189. The average Bonchev–Trinajstić information content (AvgIpc) is 3.10. The topological polar surface area (TPSA) is 149 Å². The second kappa shape index (κ2) is 31.4. The van der Waals surface area contributed by atoms with Crippen LogP contribution in [-0.4, -0.2) is 87.5 Å². The molecule has 9 heteroatoms. The van der Waals surface area contributed by atoms with E-state index in [4.69, 9.17) is 9.47 Å². The Bertz CT molecular complexity index is 822. The predicted octanol–water partition coefficient (Wildman–Crippen LogP) is 7.16. The van der Waals surface area contributed by atoms with E-state index in [1.54, 1.807) is 6.08 Å². The highest BCUT2D eigenvalue weighted by atomic mass is 16.7. The summed E-state index contributed by atoms with van der Waals surface area (Å²) in [7, 11) is 0. The van der Waals surface area contributed by atoms with Gasteiger partial charge in [0.25, 0.3) is 0 Å². The number of unbranched alkanes of at least 4 members (excludes halogenated alkanes) is 20. The van der Waals surface area contributed by atoms with Gasteiger partial charge in [0, 0.05) is 6.42 Å². The van der Waals surface area contributed by atoms with Crippen molar-refractivity contribution in [1.29, 1.82) is 0 Å². The van der Waals surface area contributed by atoms with Crippen molar-refractivity contribution < 1.29 is 39.8 Å². The first-order chi connectivity index (χ1) is 23.8. The van der Waals surface area contributed by atoms with E-state index in [1.807, 2.05) is 6.08 Å². The molecule has 0 radical (unpaired) electrons. The number of carbonyl (C=O) groups is 1. The van der Waals surface area contributed by atoms with Crippen LogP contribution in [0.1, 0.15) is 168 Å². The van der Waals surface area contributed by atoms with Gasteiger partial charge in [0.1, 0.15) is 24.4 Å². The molecule has 0 aliphatic carbocycles. The van der Waals surface area contributed by atoms with Gasteiger partial charge in [-0.3, -0.25) is 4.79 Å². The van der Waals surface area contributed by atoms with Crippen molar-refractivity contribution in [2.45, 2.75) is 211 Å². The zero-order chi connectivity index (χ0) is 36.0. The van der Waals surface area contributed by atoms with Crippen molar-refractivity contribution in [2.75, 3.05) is 13.2 Å². The van der Waals surface area contributed by atoms with E-state index in [-0.39, 0.29) is 12.5 Å². The lowest BCUT2D eigenvalue weighted by Crippen LogP contribution is -2.60. The van der Waals surface area contributed by atoms with Crippen LogP contribution < -0.4 is 5.32 Å². The van der Waals surface area contributed by atoms with Crippen molar-refractivity contribution in [3.05, 3.63) is 24.3 Å². The molecular weight excluding hydrogens is 622 g/mol. The van der Waals surface area contributed by atoms with Gasteiger partial charge in [0.15, 0.2) is 6.29 Å². The second-order valence-corrected chi connectivity index (χ2v) is 14.1. The minimum atomic E-state index is -1.57. The molecule has 6 N–H and O–H groups in total. The molecule has 0 bridgehead atoms. The Morgan fingerprint density at radius 2 is 1.16 bits per heavy atom. The van der Waals surface area contributed by atoms with E-state index in [1.165, 1.54) is 109 Å². The average molecular weight is 698 g/mol. The maximum absolute atomic E-state index is 12.9. The van der Waals surface area contributed by atoms with Crippen molar-refractivity contribution >= 4 is 5.91 Å². The Morgan fingerprint density at radius 3 is 1.71 bits per heavy atom. The summed E-state index contributed by atoms with van der Waals surface area (Å²) in [5.41, 5.74) is 0. The highest BCUT2D eigenvalue weighted by molar-refractivity contribution is 5.76. The molecule has 0 aromatic carbocycles. The zero-order valence-electron chi connectivity index (χ0n) is 31.2. The van der Waals surface area contributed by atoms with Gasteiger partial charge in [-0.25, -0.2) is 0 Å². The van der Waals surface area contributed by atoms with E-state index in [0.29, 0.717) is 6.42 Å². The minimum Gasteiger partial charge on any atom is -0.394 e. The molecule has 7 atom stereocenters. The third kappa shape index (κ3) is 23.0. The standard InChI is InChI=1S/C40H75NO8/c1-3-5-7-9-11-13-14-15-16-17-18-19-20-22-24-26-28-30-36(44)41-33(34(43)29-27-25-23-21-12-10-8-6-4-2)32-48-40-39(47)38(46)37(45)35(31-42)49-40/h12,21,27,29,33-35,37-40,42-43,45-47H,3-11,13-20,22-26,28,30-32H2,1-2H3,(H,41,44)/b21-12+,29-27+/t33-,34+,35-,37-,38?,39?,40-/m0/s1. The number of hydrogen-bond acceptors (Lipinski definition) is 8. The van der Waals surface area contributed by atoms with Crippen molar-refractivity contribution in [2.24, 2.45) is 0 Å². The van der Waals surface area contributed by atoms with Crippen LogP contribution in [0.2, 0.25) is 0 Å². The number of aliphatic hydroxyl groups excluding tert-OH is 5. The van der Waals surface area contributed by atoms with Crippen LogP contribution in [0.25, 0.3) is 0 Å². The Labute approximate surface area is 298 Å². The number of amides is 1. The number of rotatable bonds is 32. The Kier molecular flexibility index (Phi) is 29.3. The van der Waals surface area contributed by atoms with Gasteiger partial charge < -0.3 is 40.3 Å². The molecule has 2 unspecified atom stereocenters. The van der Waals surface area contributed by atoms with Crippen LogP contribution in [0.4, 0.5) is 0 Å². The molecule has 0 aromatic heterocycles. The molecule has 1 rings (SSSR count). The lowest BCUT2D eigenvalue weighted by Gasteiger charge is -2.40. The SMILES string of the molecule is CCCCC/C=C/CC/C=C/[C@@H](O)[C@H](CO[C@H]1O[C@@H](CO)[C@H](O)C(O)C1O)NC(=O)CCCCCCCCCCCCCCCCCCC.